The molecule has 0 fully saturated rings. The molecule has 0 aliphatic rings. The van der Waals surface area contributed by atoms with Crippen molar-refractivity contribution in [2.45, 2.75) is 19.9 Å². The van der Waals surface area contributed by atoms with Gasteiger partial charge in [0.05, 0.1) is 5.84 Å². The minimum atomic E-state index is -0.494. The highest BCUT2D eigenvalue weighted by atomic mass is 16.1. The molecule has 0 aliphatic heterocycles. The van der Waals surface area contributed by atoms with Gasteiger partial charge in [-0.1, -0.05) is 36.9 Å². The predicted octanol–water partition coefficient (Wildman–Crippen LogP) is 2.85. The molecule has 1 aromatic rings. The van der Waals surface area contributed by atoms with Crippen LogP contribution in [0.4, 0.5) is 0 Å². The quantitative estimate of drug-likeness (QED) is 0.463. The van der Waals surface area contributed by atoms with Gasteiger partial charge in [-0.2, -0.15) is 0 Å². The number of rotatable bonds is 4. The molecule has 0 saturated heterocycles. The van der Waals surface area contributed by atoms with Crippen LogP contribution >= 0.6 is 0 Å². The largest absolute Gasteiger partial charge is 0.367 e. The first-order valence-electron chi connectivity index (χ1n) is 5.90. The summed E-state index contributed by atoms with van der Waals surface area (Å²) < 4.78 is 0. The molecule has 1 rings (SSSR count). The predicted molar refractivity (Wildman–Crippen MR) is 75.8 cm³/mol. The number of carbonyl (C=O) groups is 1. The minimum Gasteiger partial charge on any atom is -0.367 e. The fraction of sp³-hybridized carbons (Fsp3) is 0.333. The van der Waals surface area contributed by atoms with Crippen molar-refractivity contribution in [2.24, 2.45) is 4.99 Å². The van der Waals surface area contributed by atoms with E-state index in [1.54, 1.807) is 6.92 Å². The third-order valence-corrected chi connectivity index (χ3v) is 2.75. The number of benzene rings is 1. The molecule has 0 amide bonds. The smallest absolute Gasteiger partial charge is 0.187 e. The van der Waals surface area contributed by atoms with Crippen molar-refractivity contribution >= 4 is 11.6 Å². The Bertz CT molecular complexity index is 461. The maximum absolute atomic E-state index is 12.2. The van der Waals surface area contributed by atoms with Crippen LogP contribution < -0.4 is 0 Å². The van der Waals surface area contributed by atoms with Gasteiger partial charge in [0.1, 0.15) is 6.04 Å². The number of carbonyl (C=O) groups excluding carboxylic acids is 1. The van der Waals surface area contributed by atoms with Crippen LogP contribution in [0.2, 0.25) is 0 Å². The van der Waals surface area contributed by atoms with Gasteiger partial charge in [0.2, 0.25) is 0 Å². The zero-order valence-corrected chi connectivity index (χ0v) is 11.5. The molecule has 3 nitrogen and oxygen atoms in total. The molecule has 0 radical (unpaired) electrons. The standard InChI is InChI=1S/C15H20N2O/c1-11(2)15(18)14(16-12(3)17(4)5)13-9-7-6-8-10-13/h6-10,14H,1H2,2-5H3. The van der Waals surface area contributed by atoms with Crippen molar-refractivity contribution in [3.8, 4) is 0 Å². The molecule has 0 aliphatic carbocycles. The second-order valence-electron chi connectivity index (χ2n) is 4.53. The van der Waals surface area contributed by atoms with Crippen LogP contribution in [-0.2, 0) is 4.79 Å². The molecule has 0 heterocycles. The van der Waals surface area contributed by atoms with Gasteiger partial charge in [0.15, 0.2) is 5.78 Å². The van der Waals surface area contributed by atoms with Crippen molar-refractivity contribution in [3.05, 3.63) is 48.0 Å². The van der Waals surface area contributed by atoms with Crippen LogP contribution in [-0.4, -0.2) is 30.6 Å². The Morgan fingerprint density at radius 1 is 1.22 bits per heavy atom. The maximum Gasteiger partial charge on any atom is 0.187 e. The van der Waals surface area contributed by atoms with E-state index in [1.165, 1.54) is 0 Å². The highest BCUT2D eigenvalue weighted by molar-refractivity contribution is 6.00. The first-order chi connectivity index (χ1) is 8.43. The van der Waals surface area contributed by atoms with Gasteiger partial charge in [-0.3, -0.25) is 9.79 Å². The third-order valence-electron chi connectivity index (χ3n) is 2.75. The van der Waals surface area contributed by atoms with Crippen molar-refractivity contribution in [3.63, 3.8) is 0 Å². The Balaban J connectivity index is 3.16. The summed E-state index contributed by atoms with van der Waals surface area (Å²) >= 11 is 0. The Morgan fingerprint density at radius 3 is 2.22 bits per heavy atom. The summed E-state index contributed by atoms with van der Waals surface area (Å²) in [6.07, 6.45) is 0. The molecule has 0 N–H and O–H groups in total. The molecule has 18 heavy (non-hydrogen) atoms. The fourth-order valence-electron chi connectivity index (χ4n) is 1.46. The van der Waals surface area contributed by atoms with Gasteiger partial charge in [0.25, 0.3) is 0 Å². The van der Waals surface area contributed by atoms with E-state index in [9.17, 15) is 4.79 Å². The lowest BCUT2D eigenvalue weighted by Gasteiger charge is -2.17. The Kier molecular flexibility index (Phi) is 4.84. The Morgan fingerprint density at radius 2 is 1.78 bits per heavy atom. The van der Waals surface area contributed by atoms with E-state index >= 15 is 0 Å². The van der Waals surface area contributed by atoms with E-state index in [0.29, 0.717) is 5.57 Å². The second kappa shape index (κ2) is 6.15. The van der Waals surface area contributed by atoms with Crippen molar-refractivity contribution in [1.82, 2.24) is 4.90 Å². The van der Waals surface area contributed by atoms with Crippen LogP contribution in [0.1, 0.15) is 25.5 Å². The third kappa shape index (κ3) is 3.55. The van der Waals surface area contributed by atoms with Crippen LogP contribution in [0.3, 0.4) is 0 Å². The molecule has 1 atom stereocenters. The van der Waals surface area contributed by atoms with Crippen molar-refractivity contribution in [2.75, 3.05) is 14.1 Å². The van der Waals surface area contributed by atoms with E-state index < -0.39 is 6.04 Å². The van der Waals surface area contributed by atoms with E-state index in [2.05, 4.69) is 11.6 Å². The minimum absolute atomic E-state index is 0.0394. The maximum atomic E-state index is 12.2. The Hall–Kier alpha value is -1.90. The highest BCUT2D eigenvalue weighted by Crippen LogP contribution is 2.21. The lowest BCUT2D eigenvalue weighted by atomic mass is 9.99. The number of hydrogen-bond donors (Lipinski definition) is 0. The van der Waals surface area contributed by atoms with E-state index in [1.807, 2.05) is 56.3 Å². The van der Waals surface area contributed by atoms with E-state index in [-0.39, 0.29) is 5.78 Å². The number of hydrogen-bond acceptors (Lipinski definition) is 2. The number of Topliss-reactive ketones (excluding diaryl/α,β-unsaturated/α-hetero) is 1. The lowest BCUT2D eigenvalue weighted by molar-refractivity contribution is -0.116. The Labute approximate surface area is 109 Å². The molecule has 0 bridgehead atoms. The van der Waals surface area contributed by atoms with Gasteiger partial charge < -0.3 is 4.90 Å². The lowest BCUT2D eigenvalue weighted by Crippen LogP contribution is -2.22. The normalized spacial score (nSPS) is 13.0. The second-order valence-corrected chi connectivity index (χ2v) is 4.53. The van der Waals surface area contributed by atoms with Crippen LogP contribution in [0.15, 0.2) is 47.5 Å². The molecule has 0 spiro atoms. The monoisotopic (exact) mass is 244 g/mol. The number of nitrogens with zero attached hydrogens (tertiary/aromatic N) is 2. The SMILES string of the molecule is C=C(C)C(=O)C(N=C(C)N(C)C)c1ccccc1. The molecule has 0 saturated carbocycles. The van der Waals surface area contributed by atoms with Crippen molar-refractivity contribution < 1.29 is 4.79 Å². The van der Waals surface area contributed by atoms with Crippen LogP contribution in [0, 0.1) is 0 Å². The average molecular weight is 244 g/mol. The fourth-order valence-corrected chi connectivity index (χ4v) is 1.46. The van der Waals surface area contributed by atoms with Crippen LogP contribution in [0.5, 0.6) is 0 Å². The van der Waals surface area contributed by atoms with Crippen molar-refractivity contribution in [1.29, 1.82) is 0 Å². The first kappa shape index (κ1) is 14.2. The van der Waals surface area contributed by atoms with Gasteiger partial charge in [0, 0.05) is 14.1 Å². The molecule has 3 heteroatoms. The van der Waals surface area contributed by atoms with Crippen LogP contribution in [0.25, 0.3) is 0 Å². The molecule has 0 aromatic heterocycles. The average Bonchev–Trinajstić information content (AvgIpc) is 2.35. The van der Waals surface area contributed by atoms with Gasteiger partial charge in [-0.05, 0) is 25.0 Å². The molecular formula is C15H20N2O. The summed E-state index contributed by atoms with van der Waals surface area (Å²) in [5, 5.41) is 0. The summed E-state index contributed by atoms with van der Waals surface area (Å²) in [5.74, 6) is 0.779. The number of amidine groups is 1. The van der Waals surface area contributed by atoms with Gasteiger partial charge in [-0.15, -0.1) is 0 Å². The summed E-state index contributed by atoms with van der Waals surface area (Å²) in [6, 6.07) is 9.08. The molecule has 96 valence electrons. The summed E-state index contributed by atoms with van der Waals surface area (Å²) in [4.78, 5) is 18.6. The summed E-state index contributed by atoms with van der Waals surface area (Å²) in [5.41, 5.74) is 1.42. The van der Waals surface area contributed by atoms with Gasteiger partial charge >= 0.3 is 0 Å². The zero-order chi connectivity index (χ0) is 13.7. The molecular weight excluding hydrogens is 224 g/mol. The van der Waals surface area contributed by atoms with E-state index in [4.69, 9.17) is 0 Å². The van der Waals surface area contributed by atoms with E-state index in [0.717, 1.165) is 11.4 Å². The first-order valence-corrected chi connectivity index (χ1v) is 5.90. The zero-order valence-electron chi connectivity index (χ0n) is 11.5. The number of ketones is 1. The summed E-state index contributed by atoms with van der Waals surface area (Å²) in [7, 11) is 3.82. The summed E-state index contributed by atoms with van der Waals surface area (Å²) in [6.45, 7) is 7.33. The molecule has 1 unspecified atom stereocenters. The number of aliphatic imine (C=N–C) groups is 1. The topological polar surface area (TPSA) is 32.7 Å². The highest BCUT2D eigenvalue weighted by Gasteiger charge is 2.20. The molecule has 1 aromatic carbocycles. The van der Waals surface area contributed by atoms with Gasteiger partial charge in [-0.25, -0.2) is 0 Å².